The first-order chi connectivity index (χ1) is 14.8. The van der Waals surface area contributed by atoms with Crippen LogP contribution in [0.5, 0.6) is 0 Å². The zero-order chi connectivity index (χ0) is 20.5. The van der Waals surface area contributed by atoms with E-state index in [1.54, 1.807) is 11.3 Å². The molecule has 0 N–H and O–H groups in total. The second-order valence-corrected chi connectivity index (χ2v) is 8.04. The van der Waals surface area contributed by atoms with E-state index < -0.39 is 0 Å². The van der Waals surface area contributed by atoms with Crippen molar-refractivity contribution in [3.63, 3.8) is 0 Å². The van der Waals surface area contributed by atoms with Crippen molar-refractivity contribution in [2.24, 2.45) is 0 Å². The van der Waals surface area contributed by atoms with Crippen molar-refractivity contribution < 1.29 is 4.79 Å². The third-order valence-corrected chi connectivity index (χ3v) is 6.23. The topological polar surface area (TPSA) is 33.2 Å². The Morgan fingerprint density at radius 1 is 0.900 bits per heavy atom. The molecule has 3 aromatic carbocycles. The van der Waals surface area contributed by atoms with Gasteiger partial charge in [-0.25, -0.2) is 4.98 Å². The highest BCUT2D eigenvalue weighted by atomic mass is 32.1. The van der Waals surface area contributed by atoms with E-state index in [1.165, 1.54) is 0 Å². The van der Waals surface area contributed by atoms with Gasteiger partial charge in [0.15, 0.2) is 0 Å². The van der Waals surface area contributed by atoms with E-state index in [0.717, 1.165) is 37.9 Å². The third kappa shape index (κ3) is 3.15. The molecule has 30 heavy (non-hydrogen) atoms. The Morgan fingerprint density at radius 2 is 1.67 bits per heavy atom. The lowest BCUT2D eigenvalue weighted by Gasteiger charge is -2.24. The molecule has 4 heteroatoms. The van der Waals surface area contributed by atoms with Gasteiger partial charge in [-0.05, 0) is 42.0 Å². The molecule has 5 aromatic rings. The van der Waals surface area contributed by atoms with Gasteiger partial charge in [-0.3, -0.25) is 4.79 Å². The van der Waals surface area contributed by atoms with Crippen molar-refractivity contribution in [1.82, 2.24) is 4.98 Å². The maximum Gasteiger partial charge on any atom is 0.259 e. The summed E-state index contributed by atoms with van der Waals surface area (Å²) in [5, 5.41) is 5.11. The Labute approximate surface area is 179 Å². The standard InChI is InChI=1S/C26H20N2OS/c1-2-28(24-14-7-10-18-9-3-4-11-19(18)24)26(29)21-17-23(25-15-8-16-30-25)27-22-13-6-5-12-20(21)22/h3-17H,2H2,1H3. The van der Waals surface area contributed by atoms with Crippen molar-refractivity contribution in [1.29, 1.82) is 0 Å². The molecule has 0 spiro atoms. The highest BCUT2D eigenvalue weighted by Gasteiger charge is 2.21. The summed E-state index contributed by atoms with van der Waals surface area (Å²) in [6.07, 6.45) is 0. The molecule has 0 aliphatic heterocycles. The van der Waals surface area contributed by atoms with Crippen LogP contribution in [0.25, 0.3) is 32.2 Å². The summed E-state index contributed by atoms with van der Waals surface area (Å²) in [6.45, 7) is 2.60. The molecule has 0 saturated heterocycles. The number of thiophene rings is 1. The van der Waals surface area contributed by atoms with Crippen LogP contribution in [0.2, 0.25) is 0 Å². The minimum Gasteiger partial charge on any atom is -0.308 e. The lowest BCUT2D eigenvalue weighted by Crippen LogP contribution is -2.31. The fraction of sp³-hybridized carbons (Fsp3) is 0.0769. The van der Waals surface area contributed by atoms with E-state index in [-0.39, 0.29) is 5.91 Å². The van der Waals surface area contributed by atoms with Crippen LogP contribution in [0.4, 0.5) is 5.69 Å². The van der Waals surface area contributed by atoms with Crippen LogP contribution < -0.4 is 4.90 Å². The number of anilines is 1. The van der Waals surface area contributed by atoms with E-state index in [9.17, 15) is 4.79 Å². The van der Waals surface area contributed by atoms with E-state index in [4.69, 9.17) is 4.98 Å². The number of hydrogen-bond donors (Lipinski definition) is 0. The fourth-order valence-electron chi connectivity index (χ4n) is 3.92. The smallest absolute Gasteiger partial charge is 0.259 e. The van der Waals surface area contributed by atoms with Crippen LogP contribution in [0.1, 0.15) is 17.3 Å². The van der Waals surface area contributed by atoms with Gasteiger partial charge < -0.3 is 4.90 Å². The van der Waals surface area contributed by atoms with Crippen LogP contribution in [-0.4, -0.2) is 17.4 Å². The number of carbonyl (C=O) groups is 1. The third-order valence-electron chi connectivity index (χ3n) is 5.34. The quantitative estimate of drug-likeness (QED) is 0.328. The molecule has 0 bridgehead atoms. The predicted molar refractivity (Wildman–Crippen MR) is 126 cm³/mol. The molecule has 146 valence electrons. The number of amides is 1. The van der Waals surface area contributed by atoms with Crippen LogP contribution in [-0.2, 0) is 0 Å². The minimum atomic E-state index is -0.00902. The summed E-state index contributed by atoms with van der Waals surface area (Å²) in [4.78, 5) is 21.6. The molecule has 2 aromatic heterocycles. The van der Waals surface area contributed by atoms with E-state index in [2.05, 4.69) is 18.2 Å². The van der Waals surface area contributed by atoms with Gasteiger partial charge in [-0.15, -0.1) is 11.3 Å². The molecule has 0 radical (unpaired) electrons. The number of carbonyl (C=O) groups excluding carboxylic acids is 1. The summed E-state index contributed by atoms with van der Waals surface area (Å²) in [5.41, 5.74) is 3.28. The zero-order valence-electron chi connectivity index (χ0n) is 16.6. The average Bonchev–Trinajstić information content (AvgIpc) is 3.34. The highest BCUT2D eigenvalue weighted by Crippen LogP contribution is 2.32. The summed E-state index contributed by atoms with van der Waals surface area (Å²) < 4.78 is 0. The van der Waals surface area contributed by atoms with Gasteiger partial charge in [0.1, 0.15) is 0 Å². The minimum absolute atomic E-state index is 0.00902. The molecule has 0 saturated carbocycles. The number of aromatic nitrogens is 1. The maximum atomic E-state index is 13.9. The van der Waals surface area contributed by atoms with Gasteiger partial charge in [-0.1, -0.05) is 60.7 Å². The van der Waals surface area contributed by atoms with E-state index >= 15 is 0 Å². The SMILES string of the molecule is CCN(C(=O)c1cc(-c2cccs2)nc2ccccc12)c1cccc2ccccc12. The first-order valence-corrected chi connectivity index (χ1v) is 10.9. The van der Waals surface area contributed by atoms with Crippen molar-refractivity contribution in [2.45, 2.75) is 6.92 Å². The summed E-state index contributed by atoms with van der Waals surface area (Å²) in [7, 11) is 0. The van der Waals surface area contributed by atoms with Gasteiger partial charge in [0.2, 0.25) is 0 Å². The Balaban J connectivity index is 1.69. The fourth-order valence-corrected chi connectivity index (χ4v) is 4.60. The number of fused-ring (bicyclic) bond motifs is 2. The number of nitrogens with zero attached hydrogens (tertiary/aromatic N) is 2. The van der Waals surface area contributed by atoms with Crippen molar-refractivity contribution in [2.75, 3.05) is 11.4 Å². The normalized spacial score (nSPS) is 11.1. The van der Waals surface area contributed by atoms with Gasteiger partial charge in [-0.2, -0.15) is 0 Å². The van der Waals surface area contributed by atoms with Crippen molar-refractivity contribution in [3.05, 3.63) is 95.9 Å². The first kappa shape index (κ1) is 18.5. The molecular weight excluding hydrogens is 388 g/mol. The highest BCUT2D eigenvalue weighted by molar-refractivity contribution is 7.13. The number of hydrogen-bond acceptors (Lipinski definition) is 3. The number of rotatable bonds is 4. The van der Waals surface area contributed by atoms with Gasteiger partial charge >= 0.3 is 0 Å². The summed E-state index contributed by atoms with van der Waals surface area (Å²) in [6, 6.07) is 28.1. The maximum absolute atomic E-state index is 13.9. The predicted octanol–water partition coefficient (Wildman–Crippen LogP) is 6.78. The average molecular weight is 409 g/mol. The van der Waals surface area contributed by atoms with Crippen LogP contribution in [0, 0.1) is 0 Å². The zero-order valence-corrected chi connectivity index (χ0v) is 17.4. The second-order valence-electron chi connectivity index (χ2n) is 7.10. The molecular formula is C26H20N2OS. The molecule has 0 aliphatic carbocycles. The lowest BCUT2D eigenvalue weighted by atomic mass is 10.0. The van der Waals surface area contributed by atoms with Gasteiger partial charge in [0, 0.05) is 17.3 Å². The monoisotopic (exact) mass is 408 g/mol. The molecule has 2 heterocycles. The van der Waals surface area contributed by atoms with Crippen molar-refractivity contribution in [3.8, 4) is 10.6 Å². The summed E-state index contributed by atoms with van der Waals surface area (Å²) in [5.74, 6) is -0.00902. The Hall–Kier alpha value is -3.50. The van der Waals surface area contributed by atoms with Crippen LogP contribution in [0.15, 0.2) is 90.3 Å². The Bertz CT molecular complexity index is 1350. The number of benzene rings is 3. The summed E-state index contributed by atoms with van der Waals surface area (Å²) >= 11 is 1.63. The van der Waals surface area contributed by atoms with Gasteiger partial charge in [0.05, 0.1) is 27.3 Å². The molecule has 5 rings (SSSR count). The molecule has 0 aliphatic rings. The molecule has 3 nitrogen and oxygen atoms in total. The van der Waals surface area contributed by atoms with Gasteiger partial charge in [0.25, 0.3) is 5.91 Å². The Morgan fingerprint density at radius 3 is 2.47 bits per heavy atom. The first-order valence-electron chi connectivity index (χ1n) is 9.99. The number of pyridine rings is 1. The van der Waals surface area contributed by atoms with Crippen molar-refractivity contribution >= 4 is 44.6 Å². The molecule has 0 unspecified atom stereocenters. The Kier molecular flexibility index (Phi) is 4.77. The van der Waals surface area contributed by atoms with Crippen LogP contribution >= 0.6 is 11.3 Å². The number of para-hydroxylation sites is 1. The molecule has 0 atom stereocenters. The van der Waals surface area contributed by atoms with E-state index in [0.29, 0.717) is 12.1 Å². The molecule has 0 fully saturated rings. The van der Waals surface area contributed by atoms with E-state index in [1.807, 2.05) is 83.9 Å². The second kappa shape index (κ2) is 7.73. The molecule has 1 amide bonds. The largest absolute Gasteiger partial charge is 0.308 e. The van der Waals surface area contributed by atoms with Crippen LogP contribution in [0.3, 0.4) is 0 Å². The lowest BCUT2D eigenvalue weighted by molar-refractivity contribution is 0.0990.